The van der Waals surface area contributed by atoms with Crippen LogP contribution < -0.4 is 5.32 Å². The first-order valence-electron chi connectivity index (χ1n) is 6.90. The van der Waals surface area contributed by atoms with Gasteiger partial charge < -0.3 is 10.4 Å². The van der Waals surface area contributed by atoms with Crippen molar-refractivity contribution in [3.8, 4) is 0 Å². The lowest BCUT2D eigenvalue weighted by Crippen LogP contribution is -2.36. The van der Waals surface area contributed by atoms with E-state index < -0.39 is 5.60 Å². The van der Waals surface area contributed by atoms with Gasteiger partial charge in [0.1, 0.15) is 0 Å². The molecule has 0 bridgehead atoms. The van der Waals surface area contributed by atoms with E-state index in [1.165, 1.54) is 18.9 Å². The summed E-state index contributed by atoms with van der Waals surface area (Å²) >= 11 is 1.96. The van der Waals surface area contributed by atoms with Crippen molar-refractivity contribution in [3.05, 3.63) is 31.9 Å². The zero-order valence-corrected chi connectivity index (χ0v) is 13.4. The van der Waals surface area contributed by atoms with Crippen LogP contribution in [0.4, 0.5) is 11.4 Å². The molecule has 0 amide bonds. The highest BCUT2D eigenvalue weighted by Gasteiger charge is 2.27. The molecule has 1 saturated carbocycles. The molecule has 1 aliphatic rings. The fourth-order valence-electron chi connectivity index (χ4n) is 2.59. The van der Waals surface area contributed by atoms with Crippen LogP contribution in [-0.2, 0) is 0 Å². The minimum absolute atomic E-state index is 0.115. The molecular formula is C14H19IN2O3. The maximum Gasteiger partial charge on any atom is 0.282 e. The van der Waals surface area contributed by atoms with Crippen molar-refractivity contribution in [2.45, 2.75) is 44.1 Å². The first kappa shape index (κ1) is 15.5. The monoisotopic (exact) mass is 390 g/mol. The number of nitro groups is 1. The second kappa shape index (κ2) is 6.71. The third-order valence-electron chi connectivity index (χ3n) is 3.80. The topological polar surface area (TPSA) is 75.4 Å². The predicted octanol–water partition coefficient (Wildman–Crippen LogP) is 3.70. The number of nitro benzene ring substituents is 1. The summed E-state index contributed by atoms with van der Waals surface area (Å²) in [6, 6.07) is 4.94. The van der Waals surface area contributed by atoms with Gasteiger partial charge in [0.2, 0.25) is 0 Å². The van der Waals surface area contributed by atoms with Crippen molar-refractivity contribution in [2.24, 2.45) is 0 Å². The van der Waals surface area contributed by atoms with Crippen molar-refractivity contribution < 1.29 is 10.0 Å². The van der Waals surface area contributed by atoms with E-state index in [1.54, 1.807) is 12.1 Å². The Morgan fingerprint density at radius 1 is 1.30 bits per heavy atom. The number of hydrogen-bond acceptors (Lipinski definition) is 4. The fourth-order valence-corrected chi connectivity index (χ4v) is 3.31. The summed E-state index contributed by atoms with van der Waals surface area (Å²) in [6.07, 6.45) is 6.16. The number of anilines is 1. The molecule has 0 radical (unpaired) electrons. The molecule has 20 heavy (non-hydrogen) atoms. The average molecular weight is 390 g/mol. The summed E-state index contributed by atoms with van der Waals surface area (Å²) in [5.74, 6) is 0. The molecule has 0 spiro atoms. The first-order chi connectivity index (χ1) is 9.50. The highest BCUT2D eigenvalue weighted by molar-refractivity contribution is 14.1. The quantitative estimate of drug-likeness (QED) is 0.356. The summed E-state index contributed by atoms with van der Waals surface area (Å²) in [6.45, 7) is 0.501. The van der Waals surface area contributed by atoms with E-state index in [1.807, 2.05) is 22.6 Å². The van der Waals surface area contributed by atoms with E-state index in [4.69, 9.17) is 0 Å². The Morgan fingerprint density at radius 3 is 2.50 bits per heavy atom. The van der Waals surface area contributed by atoms with E-state index >= 15 is 0 Å². The Labute approximate surface area is 132 Å². The Morgan fingerprint density at radius 2 is 1.95 bits per heavy atom. The molecule has 0 saturated heterocycles. The number of aliphatic hydroxyl groups is 1. The van der Waals surface area contributed by atoms with Gasteiger partial charge in [0, 0.05) is 18.3 Å². The smallest absolute Gasteiger partial charge is 0.282 e. The van der Waals surface area contributed by atoms with Crippen LogP contribution in [0.25, 0.3) is 0 Å². The molecule has 1 fully saturated rings. The lowest BCUT2D eigenvalue weighted by Gasteiger charge is -2.27. The number of halogens is 1. The molecule has 0 heterocycles. The molecular weight excluding hydrogens is 371 g/mol. The summed E-state index contributed by atoms with van der Waals surface area (Å²) in [5.41, 5.74) is 0.283. The van der Waals surface area contributed by atoms with Gasteiger partial charge in [-0.15, -0.1) is 0 Å². The van der Waals surface area contributed by atoms with Gasteiger partial charge in [0.05, 0.1) is 14.1 Å². The minimum atomic E-state index is -0.649. The Hall–Kier alpha value is -0.890. The molecule has 0 aromatic heterocycles. The van der Waals surface area contributed by atoms with Gasteiger partial charge in [0.25, 0.3) is 5.69 Å². The lowest BCUT2D eigenvalue weighted by molar-refractivity contribution is -0.385. The van der Waals surface area contributed by atoms with Gasteiger partial charge >= 0.3 is 0 Å². The summed E-state index contributed by atoms with van der Waals surface area (Å²) in [7, 11) is 0. The second-order valence-electron chi connectivity index (χ2n) is 5.42. The third-order valence-corrected chi connectivity index (χ3v) is 4.66. The van der Waals surface area contributed by atoms with Crippen LogP contribution in [-0.4, -0.2) is 22.2 Å². The molecule has 2 N–H and O–H groups in total. The molecule has 6 heteroatoms. The average Bonchev–Trinajstić information content (AvgIpc) is 2.61. The van der Waals surface area contributed by atoms with E-state index in [9.17, 15) is 15.2 Å². The van der Waals surface area contributed by atoms with Crippen LogP contribution in [0.3, 0.4) is 0 Å². The molecule has 110 valence electrons. The van der Waals surface area contributed by atoms with Crippen LogP contribution >= 0.6 is 22.6 Å². The van der Waals surface area contributed by atoms with Crippen LogP contribution in [0.15, 0.2) is 18.2 Å². The largest absolute Gasteiger partial charge is 0.388 e. The summed E-state index contributed by atoms with van der Waals surface area (Å²) < 4.78 is 0.602. The van der Waals surface area contributed by atoms with Gasteiger partial charge in [-0.1, -0.05) is 25.7 Å². The highest BCUT2D eigenvalue weighted by Crippen LogP contribution is 2.28. The SMILES string of the molecule is O=[N+]([O-])c1ccc(NCC2(O)CCCCCC2)cc1I. The lowest BCUT2D eigenvalue weighted by atomic mass is 9.94. The predicted molar refractivity (Wildman–Crippen MR) is 87.0 cm³/mol. The van der Waals surface area contributed by atoms with Gasteiger partial charge in [-0.05, 0) is 47.6 Å². The van der Waals surface area contributed by atoms with Crippen LogP contribution in [0.1, 0.15) is 38.5 Å². The molecule has 0 atom stereocenters. The number of nitrogens with zero attached hydrogens (tertiary/aromatic N) is 1. The normalized spacial score (nSPS) is 18.3. The molecule has 1 aromatic rings. The number of rotatable bonds is 4. The van der Waals surface area contributed by atoms with Crippen molar-refractivity contribution in [2.75, 3.05) is 11.9 Å². The van der Waals surface area contributed by atoms with Crippen molar-refractivity contribution in [1.82, 2.24) is 0 Å². The van der Waals surface area contributed by atoms with E-state index in [0.29, 0.717) is 10.1 Å². The van der Waals surface area contributed by atoms with Gasteiger partial charge in [-0.2, -0.15) is 0 Å². The Bertz CT molecular complexity index is 485. The standard InChI is InChI=1S/C14H19IN2O3/c15-12-9-11(5-6-13(12)17(19)20)16-10-14(18)7-3-1-2-4-8-14/h5-6,9,16,18H,1-4,7-8,10H2. The molecule has 2 rings (SSSR count). The fraction of sp³-hybridized carbons (Fsp3) is 0.571. The number of hydrogen-bond donors (Lipinski definition) is 2. The van der Waals surface area contributed by atoms with Crippen LogP contribution in [0.2, 0.25) is 0 Å². The molecule has 1 aliphatic carbocycles. The molecule has 0 aliphatic heterocycles. The van der Waals surface area contributed by atoms with Crippen molar-refractivity contribution >= 4 is 34.0 Å². The molecule has 0 unspecified atom stereocenters. The van der Waals surface area contributed by atoms with Crippen LogP contribution in [0, 0.1) is 13.7 Å². The number of benzene rings is 1. The van der Waals surface area contributed by atoms with E-state index in [0.717, 1.165) is 31.4 Å². The zero-order chi connectivity index (χ0) is 14.6. The van der Waals surface area contributed by atoms with Gasteiger partial charge in [-0.25, -0.2) is 0 Å². The maximum atomic E-state index is 10.8. The van der Waals surface area contributed by atoms with E-state index in [2.05, 4.69) is 5.32 Å². The van der Waals surface area contributed by atoms with Crippen molar-refractivity contribution in [3.63, 3.8) is 0 Å². The highest BCUT2D eigenvalue weighted by atomic mass is 127. The Balaban J connectivity index is 1.99. The van der Waals surface area contributed by atoms with E-state index in [-0.39, 0.29) is 10.6 Å². The summed E-state index contributed by atoms with van der Waals surface area (Å²) in [5, 5.41) is 24.5. The first-order valence-corrected chi connectivity index (χ1v) is 7.98. The summed E-state index contributed by atoms with van der Waals surface area (Å²) in [4.78, 5) is 10.4. The van der Waals surface area contributed by atoms with Gasteiger partial charge in [0.15, 0.2) is 0 Å². The van der Waals surface area contributed by atoms with Crippen LogP contribution in [0.5, 0.6) is 0 Å². The zero-order valence-electron chi connectivity index (χ0n) is 11.3. The number of nitrogens with one attached hydrogen (secondary N) is 1. The third kappa shape index (κ3) is 4.05. The maximum absolute atomic E-state index is 10.8. The van der Waals surface area contributed by atoms with Crippen molar-refractivity contribution in [1.29, 1.82) is 0 Å². The molecule has 5 nitrogen and oxygen atoms in total. The minimum Gasteiger partial charge on any atom is -0.388 e. The molecule has 1 aromatic carbocycles. The second-order valence-corrected chi connectivity index (χ2v) is 6.58. The van der Waals surface area contributed by atoms with Gasteiger partial charge in [-0.3, -0.25) is 10.1 Å². The Kier molecular flexibility index (Phi) is 5.20.